The Balaban J connectivity index is 3.00. The minimum Gasteiger partial charge on any atom is -0.598 e. The SMILES string of the molecule is CC(C)(C)[S@@+]([O-])N[C@H](CO[Si](C)(C)C(C)(C)C)c1ccc(OC(F)F)cc1. The molecule has 0 aliphatic rings. The molecule has 156 valence electrons. The number of ether oxygens (including phenoxy) is 1. The van der Waals surface area contributed by atoms with E-state index in [0.717, 1.165) is 5.56 Å². The van der Waals surface area contributed by atoms with Crippen molar-refractivity contribution in [2.24, 2.45) is 0 Å². The van der Waals surface area contributed by atoms with Gasteiger partial charge in [-0.25, -0.2) is 0 Å². The van der Waals surface area contributed by atoms with Crippen molar-refractivity contribution in [3.63, 3.8) is 0 Å². The van der Waals surface area contributed by atoms with Crippen molar-refractivity contribution in [3.8, 4) is 5.75 Å². The topological polar surface area (TPSA) is 53.5 Å². The van der Waals surface area contributed by atoms with Gasteiger partial charge in [0, 0.05) is 11.4 Å². The normalized spacial score (nSPS) is 15.7. The summed E-state index contributed by atoms with van der Waals surface area (Å²) in [7, 11) is -1.99. The minimum absolute atomic E-state index is 0.0513. The zero-order valence-electron chi connectivity index (χ0n) is 17.6. The average molecular weight is 422 g/mol. The maximum Gasteiger partial charge on any atom is 0.387 e. The van der Waals surface area contributed by atoms with E-state index in [1.807, 2.05) is 20.8 Å². The lowest BCUT2D eigenvalue weighted by Gasteiger charge is -2.37. The largest absolute Gasteiger partial charge is 0.598 e. The summed E-state index contributed by atoms with van der Waals surface area (Å²) in [6.45, 7) is 14.0. The molecule has 0 fully saturated rings. The fourth-order valence-corrected chi connectivity index (χ4v) is 3.73. The molecule has 1 N–H and O–H groups in total. The summed E-state index contributed by atoms with van der Waals surface area (Å²) in [6, 6.07) is 6.05. The number of nitrogens with one attached hydrogen (secondary N) is 1. The molecule has 0 heterocycles. The molecule has 27 heavy (non-hydrogen) atoms. The standard InChI is InChI=1S/C19H33F2NO3SSi/c1-18(2,3)26(23)22-16(13-24-27(7,8)19(4,5)6)14-9-11-15(12-10-14)25-17(20)21/h9-12,16-17,22H,13H2,1-8H3/t16-,26-/m1/s1. The number of rotatable bonds is 8. The Morgan fingerprint density at radius 3 is 2.00 bits per heavy atom. The molecule has 4 nitrogen and oxygen atoms in total. The minimum atomic E-state index is -2.86. The highest BCUT2D eigenvalue weighted by molar-refractivity contribution is 7.90. The van der Waals surface area contributed by atoms with Gasteiger partial charge in [0.1, 0.15) is 10.5 Å². The molecule has 0 radical (unpaired) electrons. The first-order valence-corrected chi connectivity index (χ1v) is 13.1. The van der Waals surface area contributed by atoms with Crippen LogP contribution in [0.1, 0.15) is 53.1 Å². The first-order valence-electron chi connectivity index (χ1n) is 9.00. The molecule has 0 aliphatic carbocycles. The third-order valence-electron chi connectivity index (χ3n) is 4.73. The molecule has 8 heteroatoms. The van der Waals surface area contributed by atoms with Crippen LogP contribution in [0.3, 0.4) is 0 Å². The number of benzene rings is 1. The summed E-state index contributed by atoms with van der Waals surface area (Å²) >= 11 is -1.30. The molecule has 0 saturated carbocycles. The van der Waals surface area contributed by atoms with E-state index < -0.39 is 31.0 Å². The zero-order valence-corrected chi connectivity index (χ0v) is 19.4. The molecule has 2 atom stereocenters. The summed E-state index contributed by atoms with van der Waals surface area (Å²) in [5.74, 6) is 0.0924. The smallest absolute Gasteiger partial charge is 0.387 e. The maximum atomic E-state index is 12.6. The molecule has 0 amide bonds. The fourth-order valence-electron chi connectivity index (χ4n) is 1.89. The summed E-state index contributed by atoms with van der Waals surface area (Å²) in [5.41, 5.74) is 0.813. The quantitative estimate of drug-likeness (QED) is 0.451. The van der Waals surface area contributed by atoms with E-state index in [-0.39, 0.29) is 16.8 Å². The zero-order chi connectivity index (χ0) is 21.0. The second kappa shape index (κ2) is 9.22. The Morgan fingerprint density at radius 2 is 1.59 bits per heavy atom. The first-order chi connectivity index (χ1) is 12.1. The summed E-state index contributed by atoms with van der Waals surface area (Å²) in [6.07, 6.45) is 0. The van der Waals surface area contributed by atoms with Gasteiger partial charge in [-0.05, 0) is 56.6 Å². The van der Waals surface area contributed by atoms with Gasteiger partial charge >= 0.3 is 6.61 Å². The first kappa shape index (κ1) is 24.4. The molecule has 0 saturated heterocycles. The van der Waals surface area contributed by atoms with E-state index in [0.29, 0.717) is 6.61 Å². The van der Waals surface area contributed by atoms with Crippen molar-refractivity contribution in [2.75, 3.05) is 6.61 Å². The van der Waals surface area contributed by atoms with E-state index in [1.54, 1.807) is 12.1 Å². The molecule has 1 rings (SSSR count). The Kier molecular flexibility index (Phi) is 8.32. The van der Waals surface area contributed by atoms with Gasteiger partial charge in [0.05, 0.1) is 12.6 Å². The molecule has 0 aromatic heterocycles. The van der Waals surface area contributed by atoms with Crippen LogP contribution in [-0.4, -0.2) is 30.8 Å². The van der Waals surface area contributed by atoms with E-state index in [1.165, 1.54) is 12.1 Å². The Labute approximate surface area is 166 Å². The summed E-state index contributed by atoms with van der Waals surface area (Å²) in [5, 5.41) is 0.0513. The molecule has 1 aromatic rings. The Morgan fingerprint density at radius 1 is 1.07 bits per heavy atom. The number of halogens is 2. The second-order valence-corrected chi connectivity index (χ2v) is 15.9. The molecule has 0 aliphatic heterocycles. The van der Waals surface area contributed by atoms with Gasteiger partial charge in [0.15, 0.2) is 8.32 Å². The van der Waals surface area contributed by atoms with E-state index in [9.17, 15) is 13.3 Å². The third-order valence-corrected chi connectivity index (χ3v) is 10.8. The second-order valence-electron chi connectivity index (χ2n) is 9.07. The van der Waals surface area contributed by atoms with Crippen LogP contribution in [0.25, 0.3) is 0 Å². The highest BCUT2D eigenvalue weighted by Crippen LogP contribution is 2.37. The van der Waals surface area contributed by atoms with Crippen LogP contribution in [0.2, 0.25) is 18.1 Å². The molecule has 0 bridgehead atoms. The van der Waals surface area contributed by atoms with Gasteiger partial charge in [-0.2, -0.15) is 8.78 Å². The van der Waals surface area contributed by atoms with Crippen molar-refractivity contribution in [3.05, 3.63) is 29.8 Å². The molecule has 0 spiro atoms. The van der Waals surface area contributed by atoms with Crippen LogP contribution in [0.5, 0.6) is 5.75 Å². The summed E-state index contributed by atoms with van der Waals surface area (Å²) in [4.78, 5) is 0. The number of alkyl halides is 2. The van der Waals surface area contributed by atoms with Crippen LogP contribution in [0.4, 0.5) is 8.78 Å². The Hall–Kier alpha value is -0.673. The average Bonchev–Trinajstić information content (AvgIpc) is 2.49. The molecular weight excluding hydrogens is 388 g/mol. The van der Waals surface area contributed by atoms with Gasteiger partial charge in [0.25, 0.3) is 0 Å². The van der Waals surface area contributed by atoms with Crippen molar-refractivity contribution in [2.45, 2.75) is 77.1 Å². The maximum absolute atomic E-state index is 12.6. The van der Waals surface area contributed by atoms with Gasteiger partial charge in [-0.15, -0.1) is 4.72 Å². The van der Waals surface area contributed by atoms with Gasteiger partial charge in [0.2, 0.25) is 0 Å². The van der Waals surface area contributed by atoms with Crippen molar-refractivity contribution in [1.82, 2.24) is 4.72 Å². The van der Waals surface area contributed by atoms with Crippen LogP contribution >= 0.6 is 0 Å². The lowest BCUT2D eigenvalue weighted by Crippen LogP contribution is -2.46. The molecule has 1 aromatic carbocycles. The van der Waals surface area contributed by atoms with Crippen molar-refractivity contribution < 1.29 is 22.5 Å². The van der Waals surface area contributed by atoms with Crippen molar-refractivity contribution in [1.29, 1.82) is 0 Å². The van der Waals surface area contributed by atoms with Crippen LogP contribution in [0, 0.1) is 0 Å². The Bertz CT molecular complexity index is 586. The van der Waals surface area contributed by atoms with Crippen molar-refractivity contribution >= 4 is 19.7 Å². The predicted octanol–water partition coefficient (Wildman–Crippen LogP) is 5.40. The highest BCUT2D eigenvalue weighted by Gasteiger charge is 2.38. The lowest BCUT2D eigenvalue weighted by molar-refractivity contribution is -0.0498. The third kappa shape index (κ3) is 7.69. The highest BCUT2D eigenvalue weighted by atomic mass is 32.2. The molecule has 0 unspecified atom stereocenters. The van der Waals surface area contributed by atoms with E-state index in [2.05, 4.69) is 43.3 Å². The van der Waals surface area contributed by atoms with E-state index in [4.69, 9.17) is 4.43 Å². The number of hydrogen-bond acceptors (Lipinski definition) is 4. The van der Waals surface area contributed by atoms with Crippen LogP contribution in [0.15, 0.2) is 24.3 Å². The monoisotopic (exact) mass is 421 g/mol. The van der Waals surface area contributed by atoms with Gasteiger partial charge in [-0.3, -0.25) is 0 Å². The van der Waals surface area contributed by atoms with Gasteiger partial charge < -0.3 is 13.7 Å². The van der Waals surface area contributed by atoms with Crippen LogP contribution < -0.4 is 9.46 Å². The van der Waals surface area contributed by atoms with Gasteiger partial charge in [-0.1, -0.05) is 32.9 Å². The number of hydrogen-bond donors (Lipinski definition) is 1. The lowest BCUT2D eigenvalue weighted by atomic mass is 10.1. The fraction of sp³-hybridized carbons (Fsp3) is 0.684. The molecular formula is C19H33F2NO3SSi. The van der Waals surface area contributed by atoms with Crippen LogP contribution in [-0.2, 0) is 15.8 Å². The predicted molar refractivity (Wildman–Crippen MR) is 110 cm³/mol. The van der Waals surface area contributed by atoms with E-state index >= 15 is 0 Å². The summed E-state index contributed by atoms with van der Waals surface area (Å²) < 4.78 is 50.7.